The highest BCUT2D eigenvalue weighted by Crippen LogP contribution is 2.35. The molecule has 2 heterocycles. The van der Waals surface area contributed by atoms with Crippen LogP contribution >= 0.6 is 0 Å². The largest absolute Gasteiger partial charge is 0.495 e. The summed E-state index contributed by atoms with van der Waals surface area (Å²) < 4.78 is 47.5. The molecule has 8 nitrogen and oxygen atoms in total. The van der Waals surface area contributed by atoms with E-state index in [1.807, 2.05) is 0 Å². The van der Waals surface area contributed by atoms with Crippen molar-refractivity contribution < 1.29 is 22.7 Å². The Morgan fingerprint density at radius 1 is 1.11 bits per heavy atom. The van der Waals surface area contributed by atoms with Crippen molar-refractivity contribution in [1.82, 2.24) is 20.0 Å². The number of hydrogen-bond acceptors (Lipinski definition) is 6. The van der Waals surface area contributed by atoms with Gasteiger partial charge in [-0.3, -0.25) is 9.78 Å². The van der Waals surface area contributed by atoms with E-state index in [0.717, 1.165) is 22.9 Å². The average Bonchev–Trinajstić information content (AvgIpc) is 3.38. The number of benzene rings is 2. The van der Waals surface area contributed by atoms with E-state index < -0.39 is 23.1 Å². The minimum Gasteiger partial charge on any atom is -0.495 e. The third kappa shape index (κ3) is 5.43. The summed E-state index contributed by atoms with van der Waals surface area (Å²) in [5.41, 5.74) is -0.307. The molecule has 0 radical (unpaired) electrons. The Morgan fingerprint density at radius 2 is 1.89 bits per heavy atom. The maximum Gasteiger partial charge on any atom is 0.418 e. The van der Waals surface area contributed by atoms with Gasteiger partial charge >= 0.3 is 6.18 Å². The molecule has 0 unspecified atom stereocenters. The van der Waals surface area contributed by atoms with Gasteiger partial charge in [-0.25, -0.2) is 4.68 Å². The van der Waals surface area contributed by atoms with E-state index in [-0.39, 0.29) is 16.9 Å². The van der Waals surface area contributed by atoms with Crippen molar-refractivity contribution in [2.45, 2.75) is 25.4 Å². The molecule has 2 aromatic heterocycles. The van der Waals surface area contributed by atoms with Crippen LogP contribution in [0.2, 0.25) is 0 Å². The highest BCUT2D eigenvalue weighted by atomic mass is 19.4. The minimum atomic E-state index is -4.70. The standard InChI is InChI=1S/C26H21F3N6O2/c1-25(2,15-30)18-5-4-6-19(11-18)32-24(36)16-7-8-21(26(27,28)29)23(10-16)35-14-22(33-34-35)17-9-20(37-3)13-31-12-17/h4-14H,1-3H3,(H,32,36). The van der Waals surface area contributed by atoms with Gasteiger partial charge in [-0.2, -0.15) is 18.4 Å². The Bertz CT molecular complexity index is 1500. The second kappa shape index (κ2) is 9.73. The maximum atomic E-state index is 13.8. The first-order valence-corrected chi connectivity index (χ1v) is 11.0. The first-order valence-electron chi connectivity index (χ1n) is 11.0. The molecule has 0 saturated heterocycles. The first-order chi connectivity index (χ1) is 17.5. The molecule has 188 valence electrons. The Kier molecular flexibility index (Phi) is 6.68. The Labute approximate surface area is 210 Å². The molecule has 0 spiro atoms. The highest BCUT2D eigenvalue weighted by Gasteiger charge is 2.35. The van der Waals surface area contributed by atoms with Crippen LogP contribution in [-0.2, 0) is 11.6 Å². The number of methoxy groups -OCH3 is 1. The molecule has 0 bridgehead atoms. The predicted octanol–water partition coefficient (Wildman–Crippen LogP) is 5.41. The van der Waals surface area contributed by atoms with Gasteiger partial charge in [0.25, 0.3) is 5.91 Å². The number of ether oxygens (including phenoxy) is 1. The highest BCUT2D eigenvalue weighted by molar-refractivity contribution is 6.04. The molecule has 37 heavy (non-hydrogen) atoms. The minimum absolute atomic E-state index is 0.0203. The maximum absolute atomic E-state index is 13.8. The van der Waals surface area contributed by atoms with Crippen molar-refractivity contribution in [3.8, 4) is 28.8 Å². The molecule has 0 aliphatic carbocycles. The van der Waals surface area contributed by atoms with E-state index >= 15 is 0 Å². The van der Waals surface area contributed by atoms with E-state index in [1.165, 1.54) is 25.7 Å². The summed E-state index contributed by atoms with van der Waals surface area (Å²) >= 11 is 0. The number of hydrogen-bond donors (Lipinski definition) is 1. The number of aromatic nitrogens is 4. The van der Waals surface area contributed by atoms with Gasteiger partial charge in [0.2, 0.25) is 0 Å². The van der Waals surface area contributed by atoms with Gasteiger partial charge in [0.15, 0.2) is 0 Å². The Morgan fingerprint density at radius 3 is 2.59 bits per heavy atom. The molecule has 0 saturated carbocycles. The van der Waals surface area contributed by atoms with Crippen molar-refractivity contribution in [3.05, 3.63) is 83.8 Å². The van der Waals surface area contributed by atoms with E-state index in [4.69, 9.17) is 4.74 Å². The van der Waals surface area contributed by atoms with Crippen LogP contribution in [0.4, 0.5) is 18.9 Å². The van der Waals surface area contributed by atoms with Crippen molar-refractivity contribution in [2.24, 2.45) is 0 Å². The fourth-order valence-corrected chi connectivity index (χ4v) is 3.54. The summed E-state index contributed by atoms with van der Waals surface area (Å²) in [5, 5.41) is 19.9. The number of anilines is 1. The summed E-state index contributed by atoms with van der Waals surface area (Å²) in [6.07, 6.45) is -0.427. The van der Waals surface area contributed by atoms with Gasteiger partial charge in [-0.05, 0) is 55.8 Å². The van der Waals surface area contributed by atoms with Crippen molar-refractivity contribution in [1.29, 1.82) is 5.26 Å². The van der Waals surface area contributed by atoms with E-state index in [2.05, 4.69) is 26.7 Å². The van der Waals surface area contributed by atoms with Crippen molar-refractivity contribution in [2.75, 3.05) is 12.4 Å². The van der Waals surface area contributed by atoms with Crippen molar-refractivity contribution in [3.63, 3.8) is 0 Å². The lowest BCUT2D eigenvalue weighted by Crippen LogP contribution is -2.17. The topological polar surface area (TPSA) is 106 Å². The van der Waals surface area contributed by atoms with Crippen LogP contribution in [0, 0.1) is 11.3 Å². The number of rotatable bonds is 6. The summed E-state index contributed by atoms with van der Waals surface area (Å²) in [6, 6.07) is 13.6. The van der Waals surface area contributed by atoms with Gasteiger partial charge in [-0.15, -0.1) is 5.10 Å². The number of carbonyl (C=O) groups excluding carboxylic acids is 1. The molecule has 0 aliphatic heterocycles. The fourth-order valence-electron chi connectivity index (χ4n) is 3.54. The van der Waals surface area contributed by atoms with Crippen LogP contribution in [0.5, 0.6) is 5.75 Å². The smallest absolute Gasteiger partial charge is 0.418 e. The molecule has 0 aliphatic rings. The van der Waals surface area contributed by atoms with E-state index in [9.17, 15) is 23.2 Å². The first kappa shape index (κ1) is 25.4. The van der Waals surface area contributed by atoms with Crippen LogP contribution < -0.4 is 10.1 Å². The SMILES string of the molecule is COc1cncc(-c2cn(-c3cc(C(=O)Nc4cccc(C(C)(C)C#N)c4)ccc3C(F)(F)F)nn2)c1. The van der Waals surface area contributed by atoms with Gasteiger partial charge in [0, 0.05) is 23.0 Å². The second-order valence-electron chi connectivity index (χ2n) is 8.66. The van der Waals surface area contributed by atoms with Gasteiger partial charge in [0.05, 0.1) is 42.2 Å². The zero-order valence-electron chi connectivity index (χ0n) is 20.0. The third-order valence-electron chi connectivity index (χ3n) is 5.67. The monoisotopic (exact) mass is 506 g/mol. The number of nitriles is 1. The molecule has 4 rings (SSSR count). The zero-order chi connectivity index (χ0) is 26.8. The lowest BCUT2D eigenvalue weighted by molar-refractivity contribution is -0.137. The summed E-state index contributed by atoms with van der Waals surface area (Å²) in [5.74, 6) is -0.178. The number of pyridine rings is 1. The Balaban J connectivity index is 1.69. The van der Waals surface area contributed by atoms with Crippen LogP contribution in [0.25, 0.3) is 16.9 Å². The average molecular weight is 506 g/mol. The normalized spacial score (nSPS) is 11.6. The number of nitrogens with zero attached hydrogens (tertiary/aromatic N) is 5. The summed E-state index contributed by atoms with van der Waals surface area (Å²) in [7, 11) is 1.46. The summed E-state index contributed by atoms with van der Waals surface area (Å²) in [6.45, 7) is 3.48. The zero-order valence-corrected chi connectivity index (χ0v) is 20.0. The molecular weight excluding hydrogens is 485 g/mol. The molecule has 1 amide bonds. The molecule has 0 fully saturated rings. The fraction of sp³-hybridized carbons (Fsp3) is 0.192. The van der Waals surface area contributed by atoms with Gasteiger partial charge < -0.3 is 10.1 Å². The second-order valence-corrected chi connectivity index (χ2v) is 8.66. The number of alkyl halides is 3. The third-order valence-corrected chi connectivity index (χ3v) is 5.67. The quantitative estimate of drug-likeness (QED) is 0.375. The molecule has 4 aromatic rings. The van der Waals surface area contributed by atoms with E-state index in [1.54, 1.807) is 44.2 Å². The van der Waals surface area contributed by atoms with Crippen LogP contribution in [-0.4, -0.2) is 33.0 Å². The van der Waals surface area contributed by atoms with Gasteiger partial charge in [-0.1, -0.05) is 17.3 Å². The lowest BCUT2D eigenvalue weighted by atomic mass is 9.86. The van der Waals surface area contributed by atoms with Crippen LogP contribution in [0.3, 0.4) is 0 Å². The molecule has 2 aromatic carbocycles. The molecular formula is C26H21F3N6O2. The lowest BCUT2D eigenvalue weighted by Gasteiger charge is -2.17. The number of nitrogens with one attached hydrogen (secondary N) is 1. The number of carbonyl (C=O) groups is 1. The predicted molar refractivity (Wildman–Crippen MR) is 129 cm³/mol. The van der Waals surface area contributed by atoms with Crippen molar-refractivity contribution >= 4 is 11.6 Å². The van der Waals surface area contributed by atoms with Crippen LogP contribution in [0.15, 0.2) is 67.1 Å². The van der Waals surface area contributed by atoms with Crippen LogP contribution in [0.1, 0.15) is 35.3 Å². The number of halogens is 3. The Hall–Kier alpha value is -4.72. The molecule has 11 heteroatoms. The van der Waals surface area contributed by atoms with E-state index in [0.29, 0.717) is 22.6 Å². The summed E-state index contributed by atoms with van der Waals surface area (Å²) in [4.78, 5) is 17.0. The molecule has 0 atom stereocenters. The van der Waals surface area contributed by atoms with Gasteiger partial charge in [0.1, 0.15) is 11.4 Å². The number of amides is 1. The molecule has 1 N–H and O–H groups in total.